The molecule has 1 atom stereocenters. The van der Waals surface area contributed by atoms with Gasteiger partial charge in [-0.15, -0.1) is 0 Å². The van der Waals surface area contributed by atoms with Gasteiger partial charge in [-0.25, -0.2) is 0 Å². The summed E-state index contributed by atoms with van der Waals surface area (Å²) in [5.41, 5.74) is 2.30. The average Bonchev–Trinajstić information content (AvgIpc) is 2.67. The molecule has 0 fully saturated rings. The summed E-state index contributed by atoms with van der Waals surface area (Å²) >= 11 is 0. The Labute approximate surface area is 102 Å². The van der Waals surface area contributed by atoms with Gasteiger partial charge in [0.15, 0.2) is 0 Å². The first-order chi connectivity index (χ1) is 8.24. The molecule has 3 heteroatoms. The molecule has 0 spiro atoms. The molecule has 0 aromatic heterocycles. The standard InChI is InChI=1S/C14H19NO2/c1-10-7-12-9-13(16-3)11(5-4-6-15-2)8-14(12)17-10/h4-5,8-10,15H,6-7H2,1-3H3/b5-4+. The molecule has 92 valence electrons. The zero-order valence-corrected chi connectivity index (χ0v) is 10.6. The van der Waals surface area contributed by atoms with E-state index in [1.54, 1.807) is 7.11 Å². The van der Waals surface area contributed by atoms with Crippen molar-refractivity contribution in [3.8, 4) is 11.5 Å². The quantitative estimate of drug-likeness (QED) is 0.865. The van der Waals surface area contributed by atoms with E-state index in [2.05, 4.69) is 36.5 Å². The summed E-state index contributed by atoms with van der Waals surface area (Å²) in [4.78, 5) is 0. The summed E-state index contributed by atoms with van der Waals surface area (Å²) in [5, 5.41) is 3.08. The lowest BCUT2D eigenvalue weighted by Gasteiger charge is -2.08. The van der Waals surface area contributed by atoms with Crippen LogP contribution in [-0.4, -0.2) is 26.8 Å². The minimum absolute atomic E-state index is 0.270. The molecule has 1 aromatic rings. The number of nitrogens with one attached hydrogen (secondary N) is 1. The third-order valence-corrected chi connectivity index (χ3v) is 2.87. The molecule has 1 aromatic carbocycles. The minimum atomic E-state index is 0.270. The predicted molar refractivity (Wildman–Crippen MR) is 69.7 cm³/mol. The van der Waals surface area contributed by atoms with E-state index in [9.17, 15) is 0 Å². The van der Waals surface area contributed by atoms with Gasteiger partial charge in [0.1, 0.15) is 17.6 Å². The molecule has 17 heavy (non-hydrogen) atoms. The van der Waals surface area contributed by atoms with Crippen LogP contribution in [0.3, 0.4) is 0 Å². The van der Waals surface area contributed by atoms with E-state index in [0.29, 0.717) is 0 Å². The molecular weight excluding hydrogens is 214 g/mol. The highest BCUT2D eigenvalue weighted by Gasteiger charge is 2.20. The Morgan fingerprint density at radius 1 is 1.53 bits per heavy atom. The lowest BCUT2D eigenvalue weighted by molar-refractivity contribution is 0.254. The van der Waals surface area contributed by atoms with Crippen LogP contribution >= 0.6 is 0 Å². The largest absolute Gasteiger partial charge is 0.496 e. The Kier molecular flexibility index (Phi) is 3.69. The van der Waals surface area contributed by atoms with Crippen LogP contribution in [0.4, 0.5) is 0 Å². The van der Waals surface area contributed by atoms with Crippen LogP contribution < -0.4 is 14.8 Å². The zero-order chi connectivity index (χ0) is 12.3. The van der Waals surface area contributed by atoms with Gasteiger partial charge >= 0.3 is 0 Å². The maximum atomic E-state index is 5.75. The minimum Gasteiger partial charge on any atom is -0.496 e. The van der Waals surface area contributed by atoms with Crippen LogP contribution in [-0.2, 0) is 6.42 Å². The highest BCUT2D eigenvalue weighted by Crippen LogP contribution is 2.35. The van der Waals surface area contributed by atoms with E-state index in [1.165, 1.54) is 5.56 Å². The molecule has 2 rings (SSSR count). The first-order valence-corrected chi connectivity index (χ1v) is 5.93. The fourth-order valence-corrected chi connectivity index (χ4v) is 2.07. The third-order valence-electron chi connectivity index (χ3n) is 2.87. The molecule has 0 radical (unpaired) electrons. The molecule has 0 saturated carbocycles. The van der Waals surface area contributed by atoms with Gasteiger partial charge in [0.25, 0.3) is 0 Å². The van der Waals surface area contributed by atoms with Crippen molar-refractivity contribution in [2.24, 2.45) is 0 Å². The van der Waals surface area contributed by atoms with E-state index in [-0.39, 0.29) is 6.10 Å². The summed E-state index contributed by atoms with van der Waals surface area (Å²) in [6.07, 6.45) is 5.36. The molecule has 1 aliphatic heterocycles. The molecule has 1 unspecified atom stereocenters. The Morgan fingerprint density at radius 3 is 3.06 bits per heavy atom. The second-order valence-electron chi connectivity index (χ2n) is 4.29. The van der Waals surface area contributed by atoms with Gasteiger partial charge in [-0.2, -0.15) is 0 Å². The van der Waals surface area contributed by atoms with Crippen molar-refractivity contribution in [3.63, 3.8) is 0 Å². The molecule has 0 saturated heterocycles. The van der Waals surface area contributed by atoms with Crippen LogP contribution in [0.5, 0.6) is 11.5 Å². The van der Waals surface area contributed by atoms with E-state index < -0.39 is 0 Å². The van der Waals surface area contributed by atoms with Crippen molar-refractivity contribution in [1.29, 1.82) is 0 Å². The van der Waals surface area contributed by atoms with Crippen LogP contribution in [0.25, 0.3) is 6.08 Å². The molecule has 1 aliphatic rings. The molecular formula is C14H19NO2. The Balaban J connectivity index is 2.29. The number of ether oxygens (including phenoxy) is 2. The lowest BCUT2D eigenvalue weighted by Crippen LogP contribution is -2.05. The highest BCUT2D eigenvalue weighted by molar-refractivity contribution is 5.62. The van der Waals surface area contributed by atoms with Crippen LogP contribution in [0, 0.1) is 0 Å². The van der Waals surface area contributed by atoms with Crippen molar-refractivity contribution in [2.75, 3.05) is 20.7 Å². The van der Waals surface area contributed by atoms with Gasteiger partial charge < -0.3 is 14.8 Å². The van der Waals surface area contributed by atoms with Crippen molar-refractivity contribution in [2.45, 2.75) is 19.4 Å². The first kappa shape index (κ1) is 12.0. The summed E-state index contributed by atoms with van der Waals surface area (Å²) in [7, 11) is 3.63. The van der Waals surface area contributed by atoms with Gasteiger partial charge in [-0.3, -0.25) is 0 Å². The van der Waals surface area contributed by atoms with E-state index >= 15 is 0 Å². The average molecular weight is 233 g/mol. The summed E-state index contributed by atoms with van der Waals surface area (Å²) in [6.45, 7) is 2.93. The zero-order valence-electron chi connectivity index (χ0n) is 10.6. The van der Waals surface area contributed by atoms with E-state index in [0.717, 1.165) is 30.0 Å². The van der Waals surface area contributed by atoms with Crippen LogP contribution in [0.1, 0.15) is 18.1 Å². The summed E-state index contributed by atoms with van der Waals surface area (Å²) in [5.74, 6) is 1.90. The van der Waals surface area contributed by atoms with Crippen molar-refractivity contribution >= 4 is 6.08 Å². The monoisotopic (exact) mass is 233 g/mol. The number of rotatable bonds is 4. The number of methoxy groups -OCH3 is 1. The molecule has 1 N–H and O–H groups in total. The maximum absolute atomic E-state index is 5.75. The number of likely N-dealkylation sites (N-methyl/N-ethyl adjacent to an activating group) is 1. The Morgan fingerprint density at radius 2 is 2.35 bits per heavy atom. The number of benzene rings is 1. The SMILES string of the molecule is CNC/C=C/c1cc2c(cc1OC)CC(C)O2. The van der Waals surface area contributed by atoms with Crippen molar-refractivity contribution < 1.29 is 9.47 Å². The van der Waals surface area contributed by atoms with Crippen LogP contribution in [0.2, 0.25) is 0 Å². The Hall–Kier alpha value is -1.48. The summed E-state index contributed by atoms with van der Waals surface area (Å²) in [6, 6.07) is 4.14. The molecule has 0 bridgehead atoms. The molecule has 0 aliphatic carbocycles. The first-order valence-electron chi connectivity index (χ1n) is 5.93. The van der Waals surface area contributed by atoms with Crippen molar-refractivity contribution in [1.82, 2.24) is 5.32 Å². The Bertz CT molecular complexity index is 426. The highest BCUT2D eigenvalue weighted by atomic mass is 16.5. The predicted octanol–water partition coefficient (Wildman–Crippen LogP) is 2.25. The third kappa shape index (κ3) is 2.61. The molecule has 0 amide bonds. The number of fused-ring (bicyclic) bond motifs is 1. The normalized spacial score (nSPS) is 18.2. The van der Waals surface area contributed by atoms with Gasteiger partial charge in [0, 0.05) is 24.1 Å². The maximum Gasteiger partial charge on any atom is 0.126 e. The lowest BCUT2D eigenvalue weighted by atomic mass is 10.1. The van der Waals surface area contributed by atoms with E-state index in [1.807, 2.05) is 7.05 Å². The summed E-state index contributed by atoms with van der Waals surface area (Å²) < 4.78 is 11.2. The molecule has 3 nitrogen and oxygen atoms in total. The second-order valence-corrected chi connectivity index (χ2v) is 4.29. The van der Waals surface area contributed by atoms with E-state index in [4.69, 9.17) is 9.47 Å². The van der Waals surface area contributed by atoms with Gasteiger partial charge in [-0.05, 0) is 26.1 Å². The van der Waals surface area contributed by atoms with Crippen molar-refractivity contribution in [3.05, 3.63) is 29.3 Å². The van der Waals surface area contributed by atoms with Crippen LogP contribution in [0.15, 0.2) is 18.2 Å². The number of hydrogen-bond acceptors (Lipinski definition) is 3. The fourth-order valence-electron chi connectivity index (χ4n) is 2.07. The fraction of sp³-hybridized carbons (Fsp3) is 0.429. The second kappa shape index (κ2) is 5.23. The topological polar surface area (TPSA) is 30.5 Å². The smallest absolute Gasteiger partial charge is 0.126 e. The van der Waals surface area contributed by atoms with Gasteiger partial charge in [-0.1, -0.05) is 12.2 Å². The van der Waals surface area contributed by atoms with Gasteiger partial charge in [0.05, 0.1) is 7.11 Å². The van der Waals surface area contributed by atoms with Gasteiger partial charge in [0.2, 0.25) is 0 Å². The number of hydrogen-bond donors (Lipinski definition) is 1. The molecule has 1 heterocycles.